The van der Waals surface area contributed by atoms with E-state index >= 15 is 0 Å². The van der Waals surface area contributed by atoms with Crippen molar-refractivity contribution in [3.05, 3.63) is 71.4 Å². The number of nitrogens with two attached hydrogens (primary N) is 1. The third-order valence-corrected chi connectivity index (χ3v) is 4.15. The minimum Gasteiger partial charge on any atom is -0.350 e. The Balaban J connectivity index is 1.96. The monoisotopic (exact) mass is 300 g/mol. The Hall–Kier alpha value is -2.20. The fourth-order valence-electron chi connectivity index (χ4n) is 2.96. The summed E-state index contributed by atoms with van der Waals surface area (Å²) >= 11 is 0. The Labute approximate surface area is 128 Å². The molecule has 0 amide bonds. The van der Waals surface area contributed by atoms with Crippen LogP contribution >= 0.6 is 0 Å². The van der Waals surface area contributed by atoms with Gasteiger partial charge in [-0.1, -0.05) is 24.3 Å². The van der Waals surface area contributed by atoms with Crippen LogP contribution < -0.4 is 5.73 Å². The summed E-state index contributed by atoms with van der Waals surface area (Å²) in [6.45, 7) is 0.383. The lowest BCUT2D eigenvalue weighted by atomic mass is 9.92. The first kappa shape index (κ1) is 14.7. The molecule has 0 aliphatic rings. The average molecular weight is 300 g/mol. The van der Waals surface area contributed by atoms with Gasteiger partial charge in [-0.25, -0.2) is 8.78 Å². The Morgan fingerprint density at radius 3 is 2.59 bits per heavy atom. The highest BCUT2D eigenvalue weighted by Crippen LogP contribution is 2.27. The van der Waals surface area contributed by atoms with Crippen molar-refractivity contribution in [2.45, 2.75) is 12.3 Å². The van der Waals surface area contributed by atoms with E-state index in [0.29, 0.717) is 13.0 Å². The molecular weight excluding hydrogens is 282 g/mol. The van der Waals surface area contributed by atoms with E-state index < -0.39 is 11.6 Å². The predicted molar refractivity (Wildman–Crippen MR) is 84.8 cm³/mol. The van der Waals surface area contributed by atoms with Crippen molar-refractivity contribution >= 4 is 10.9 Å². The highest BCUT2D eigenvalue weighted by Gasteiger charge is 2.16. The van der Waals surface area contributed by atoms with Crippen LogP contribution in [0.4, 0.5) is 8.78 Å². The van der Waals surface area contributed by atoms with E-state index in [2.05, 4.69) is 22.9 Å². The fraction of sp³-hybridized carbons (Fsp3) is 0.222. The van der Waals surface area contributed by atoms with Crippen LogP contribution in [0, 0.1) is 11.6 Å². The first-order valence-electron chi connectivity index (χ1n) is 7.28. The summed E-state index contributed by atoms with van der Waals surface area (Å²) in [6.07, 6.45) is 2.77. The highest BCUT2D eigenvalue weighted by molar-refractivity contribution is 5.84. The van der Waals surface area contributed by atoms with Gasteiger partial charge in [0.05, 0.1) is 0 Å². The second-order valence-corrected chi connectivity index (χ2v) is 5.59. The number of hydrogen-bond acceptors (Lipinski definition) is 1. The Morgan fingerprint density at radius 2 is 1.86 bits per heavy atom. The van der Waals surface area contributed by atoms with Crippen LogP contribution in [-0.2, 0) is 13.5 Å². The largest absolute Gasteiger partial charge is 0.350 e. The normalized spacial score (nSPS) is 12.7. The minimum absolute atomic E-state index is 0.0408. The summed E-state index contributed by atoms with van der Waals surface area (Å²) in [5.74, 6) is -1.69. The summed E-state index contributed by atoms with van der Waals surface area (Å²) in [5, 5.41) is 1.17. The molecule has 0 fully saturated rings. The number of nitrogens with zero attached hydrogens (tertiary/aromatic N) is 1. The molecule has 4 heteroatoms. The van der Waals surface area contributed by atoms with Gasteiger partial charge in [0.25, 0.3) is 0 Å². The van der Waals surface area contributed by atoms with Crippen molar-refractivity contribution in [1.82, 2.24) is 4.57 Å². The highest BCUT2D eigenvalue weighted by atomic mass is 19.2. The molecule has 0 saturated heterocycles. The number of halogens is 2. The number of benzene rings is 2. The molecule has 114 valence electrons. The number of fused-ring (bicyclic) bond motifs is 1. The summed E-state index contributed by atoms with van der Waals surface area (Å²) in [4.78, 5) is 0. The molecule has 2 nitrogen and oxygen atoms in total. The lowest BCUT2D eigenvalue weighted by Crippen LogP contribution is -2.15. The van der Waals surface area contributed by atoms with Crippen LogP contribution in [0.2, 0.25) is 0 Å². The first-order chi connectivity index (χ1) is 10.6. The fourth-order valence-corrected chi connectivity index (χ4v) is 2.96. The topological polar surface area (TPSA) is 30.9 Å². The molecule has 3 rings (SSSR count). The van der Waals surface area contributed by atoms with E-state index in [0.717, 1.165) is 17.1 Å². The van der Waals surface area contributed by atoms with Crippen molar-refractivity contribution in [1.29, 1.82) is 0 Å². The van der Waals surface area contributed by atoms with Gasteiger partial charge in [-0.05, 0) is 42.3 Å². The second kappa shape index (κ2) is 5.89. The lowest BCUT2D eigenvalue weighted by molar-refractivity contribution is 0.505. The van der Waals surface area contributed by atoms with Crippen LogP contribution in [0.3, 0.4) is 0 Å². The van der Waals surface area contributed by atoms with Crippen LogP contribution in [0.15, 0.2) is 48.7 Å². The van der Waals surface area contributed by atoms with E-state index in [1.54, 1.807) is 6.07 Å². The van der Waals surface area contributed by atoms with Crippen LogP contribution in [0.5, 0.6) is 0 Å². The molecule has 1 unspecified atom stereocenters. The van der Waals surface area contributed by atoms with E-state index in [-0.39, 0.29) is 5.92 Å². The van der Waals surface area contributed by atoms with Gasteiger partial charge in [0.1, 0.15) is 0 Å². The quantitative estimate of drug-likeness (QED) is 0.782. The molecular formula is C18H18F2N2. The van der Waals surface area contributed by atoms with Gasteiger partial charge in [-0.3, -0.25) is 0 Å². The molecule has 3 aromatic rings. The number of rotatable bonds is 4. The molecule has 0 bridgehead atoms. The zero-order valence-corrected chi connectivity index (χ0v) is 12.4. The van der Waals surface area contributed by atoms with Crippen LogP contribution in [-0.4, -0.2) is 11.1 Å². The Bertz CT molecular complexity index is 808. The van der Waals surface area contributed by atoms with E-state index in [9.17, 15) is 8.78 Å². The third-order valence-electron chi connectivity index (χ3n) is 4.15. The number of aromatic nitrogens is 1. The van der Waals surface area contributed by atoms with Gasteiger partial charge in [0.2, 0.25) is 0 Å². The van der Waals surface area contributed by atoms with Gasteiger partial charge in [0.15, 0.2) is 11.6 Å². The molecule has 2 aromatic carbocycles. The Kier molecular flexibility index (Phi) is 3.94. The first-order valence-corrected chi connectivity index (χ1v) is 7.28. The maximum absolute atomic E-state index is 13.5. The summed E-state index contributed by atoms with van der Waals surface area (Å²) in [5.41, 5.74) is 8.92. The number of hydrogen-bond donors (Lipinski definition) is 1. The SMILES string of the molecule is Cn1cc(CC(CN)c2ccc(F)c(F)c2)c2ccccc21. The van der Waals surface area contributed by atoms with Gasteiger partial charge >= 0.3 is 0 Å². The molecule has 1 aromatic heterocycles. The molecule has 0 radical (unpaired) electrons. The van der Waals surface area contributed by atoms with E-state index in [1.807, 2.05) is 19.2 Å². The minimum atomic E-state index is -0.829. The van der Waals surface area contributed by atoms with Gasteiger partial charge in [0, 0.05) is 30.1 Å². The smallest absolute Gasteiger partial charge is 0.159 e. The van der Waals surface area contributed by atoms with E-state index in [4.69, 9.17) is 5.73 Å². The third kappa shape index (κ3) is 2.62. The van der Waals surface area contributed by atoms with Gasteiger partial charge in [-0.15, -0.1) is 0 Å². The predicted octanol–water partition coefficient (Wildman–Crippen LogP) is 3.74. The van der Waals surface area contributed by atoms with E-state index in [1.165, 1.54) is 17.0 Å². The van der Waals surface area contributed by atoms with Crippen molar-refractivity contribution < 1.29 is 8.78 Å². The lowest BCUT2D eigenvalue weighted by Gasteiger charge is -2.15. The standard InChI is InChI=1S/C18H18F2N2/c1-22-11-14(15-4-2-3-5-18(15)22)8-13(10-21)12-6-7-16(19)17(20)9-12/h2-7,9,11,13H,8,10,21H2,1H3. The molecule has 2 N–H and O–H groups in total. The molecule has 1 heterocycles. The van der Waals surface area contributed by atoms with Crippen molar-refractivity contribution in [3.63, 3.8) is 0 Å². The summed E-state index contributed by atoms with van der Waals surface area (Å²) in [6, 6.07) is 12.2. The zero-order valence-electron chi connectivity index (χ0n) is 12.4. The molecule has 22 heavy (non-hydrogen) atoms. The average Bonchev–Trinajstić information content (AvgIpc) is 2.84. The molecule has 0 aliphatic carbocycles. The number of para-hydroxylation sites is 1. The van der Waals surface area contributed by atoms with Crippen molar-refractivity contribution in [2.75, 3.05) is 6.54 Å². The zero-order chi connectivity index (χ0) is 15.7. The number of aryl methyl sites for hydroxylation is 1. The van der Waals surface area contributed by atoms with Crippen LogP contribution in [0.25, 0.3) is 10.9 Å². The molecule has 1 atom stereocenters. The molecule has 0 spiro atoms. The summed E-state index contributed by atoms with van der Waals surface area (Å²) < 4.78 is 28.6. The van der Waals surface area contributed by atoms with Crippen LogP contribution in [0.1, 0.15) is 17.0 Å². The maximum Gasteiger partial charge on any atom is 0.159 e. The van der Waals surface area contributed by atoms with Crippen molar-refractivity contribution in [2.24, 2.45) is 12.8 Å². The maximum atomic E-state index is 13.5. The van der Waals surface area contributed by atoms with Gasteiger partial charge in [-0.2, -0.15) is 0 Å². The second-order valence-electron chi connectivity index (χ2n) is 5.59. The van der Waals surface area contributed by atoms with Gasteiger partial charge < -0.3 is 10.3 Å². The van der Waals surface area contributed by atoms with Crippen molar-refractivity contribution in [3.8, 4) is 0 Å². The molecule has 0 aliphatic heterocycles. The molecule has 0 saturated carbocycles. The summed E-state index contributed by atoms with van der Waals surface area (Å²) in [7, 11) is 2.00. The Morgan fingerprint density at radius 1 is 1.09 bits per heavy atom.